The largest absolute Gasteiger partial charge is 0.507 e. The second-order valence-corrected chi connectivity index (χ2v) is 14.5. The lowest BCUT2D eigenvalue weighted by molar-refractivity contribution is 0.0965. The van der Waals surface area contributed by atoms with E-state index in [1.54, 1.807) is 13.8 Å². The van der Waals surface area contributed by atoms with Gasteiger partial charge in [0.2, 0.25) is 23.1 Å². The van der Waals surface area contributed by atoms with Crippen molar-refractivity contribution in [3.8, 4) is 34.5 Å². The van der Waals surface area contributed by atoms with Crippen LogP contribution in [0.15, 0.2) is 23.7 Å². The molecule has 0 aromatic heterocycles. The van der Waals surface area contributed by atoms with Crippen LogP contribution in [0.4, 0.5) is 0 Å². The molecule has 2 atom stereocenters. The van der Waals surface area contributed by atoms with Crippen LogP contribution >= 0.6 is 0 Å². The Morgan fingerprint density at radius 3 is 1.16 bits per heavy atom. The van der Waals surface area contributed by atoms with Gasteiger partial charge in [0, 0.05) is 43.5 Å². The van der Waals surface area contributed by atoms with E-state index < -0.39 is 45.4 Å². The van der Waals surface area contributed by atoms with Crippen LogP contribution < -0.4 is 9.47 Å². The van der Waals surface area contributed by atoms with E-state index in [2.05, 4.69) is 0 Å². The smallest absolute Gasteiger partial charge is 0.235 e. The second-order valence-electron chi connectivity index (χ2n) is 14.5. The first kappa shape index (κ1) is 32.8. The average Bonchev–Trinajstić information content (AvgIpc) is 3.40. The highest BCUT2D eigenvalue weighted by molar-refractivity contribution is 6.27. The summed E-state index contributed by atoms with van der Waals surface area (Å²) in [7, 11) is 0. The Balaban J connectivity index is 0.000000157. The van der Waals surface area contributed by atoms with Crippen molar-refractivity contribution in [2.24, 2.45) is 0 Å². The quantitative estimate of drug-likeness (QED) is 0.0923. The van der Waals surface area contributed by atoms with Crippen LogP contribution in [0.3, 0.4) is 0 Å². The van der Waals surface area contributed by atoms with Crippen LogP contribution in [-0.4, -0.2) is 64.6 Å². The molecule has 2 aliphatic carbocycles. The van der Waals surface area contributed by atoms with E-state index in [1.807, 2.05) is 41.5 Å². The maximum absolute atomic E-state index is 12.4. The van der Waals surface area contributed by atoms with Gasteiger partial charge in [0.25, 0.3) is 0 Å². The highest BCUT2D eigenvalue weighted by Gasteiger charge is 2.48. The van der Waals surface area contributed by atoms with Gasteiger partial charge in [-0.3, -0.25) is 9.59 Å². The van der Waals surface area contributed by atoms with Gasteiger partial charge in [0.15, 0.2) is 11.5 Å². The van der Waals surface area contributed by atoms with Crippen molar-refractivity contribution < 1.29 is 59.9 Å². The van der Waals surface area contributed by atoms with Crippen LogP contribution in [0.5, 0.6) is 34.5 Å². The number of aryl methyl sites for hydroxylation is 2. The third kappa shape index (κ3) is 3.75. The summed E-state index contributed by atoms with van der Waals surface area (Å²) in [5.74, 6) is -5.22. The van der Waals surface area contributed by atoms with Crippen LogP contribution in [0.1, 0.15) is 95.6 Å². The molecular weight excluding hydrogens is 648 g/mol. The third-order valence-corrected chi connectivity index (χ3v) is 11.1. The molecule has 2 unspecified atom stereocenters. The van der Waals surface area contributed by atoms with Crippen molar-refractivity contribution in [2.75, 3.05) is 0 Å². The summed E-state index contributed by atoms with van der Waals surface area (Å²) in [5, 5.41) is 84.6. The molecule has 0 fully saturated rings. The number of hydrogen-bond donors (Lipinski definition) is 8. The molecular formula is C38H36O12. The number of allylic oxidation sites excluding steroid dienone is 2. The molecule has 2 heterocycles. The van der Waals surface area contributed by atoms with E-state index >= 15 is 0 Å². The minimum absolute atomic E-state index is 0.0503. The molecule has 0 amide bonds. The van der Waals surface area contributed by atoms with Gasteiger partial charge in [-0.2, -0.15) is 0 Å². The standard InChI is InChI=1S/2C19H18O6/c2*1-6-5-8(20)10-11-9(6)18-13(19(3,4)7(2)25-18)14(21)12(11)16(23)17(24)15(10)22/h2*5,7,20-21,23-24H,1-4H3. The number of ketones is 2. The van der Waals surface area contributed by atoms with Gasteiger partial charge in [-0.05, 0) is 51.0 Å². The lowest BCUT2D eigenvalue weighted by atomic mass is 9.77. The fourth-order valence-electron chi connectivity index (χ4n) is 7.73. The zero-order valence-electron chi connectivity index (χ0n) is 28.5. The molecule has 8 rings (SSSR count). The van der Waals surface area contributed by atoms with Crippen molar-refractivity contribution in [1.82, 2.24) is 0 Å². The fourth-order valence-corrected chi connectivity index (χ4v) is 7.73. The number of carbonyl (C=O) groups is 2. The van der Waals surface area contributed by atoms with Crippen LogP contribution in [0, 0.1) is 13.8 Å². The summed E-state index contributed by atoms with van der Waals surface area (Å²) in [5.41, 5.74) is 0.803. The first-order valence-electron chi connectivity index (χ1n) is 16.0. The third-order valence-electron chi connectivity index (χ3n) is 11.1. The number of benzene rings is 4. The molecule has 8 N–H and O–H groups in total. The Bertz CT molecular complexity index is 2220. The molecule has 0 radical (unpaired) electrons. The van der Waals surface area contributed by atoms with Crippen molar-refractivity contribution in [1.29, 1.82) is 0 Å². The molecule has 0 spiro atoms. The molecule has 12 heteroatoms. The number of phenolic OH excluding ortho intramolecular Hbond substituents is 4. The van der Waals surface area contributed by atoms with Crippen molar-refractivity contribution in [3.05, 3.63) is 68.2 Å². The van der Waals surface area contributed by atoms with Crippen LogP contribution in [0.25, 0.3) is 33.1 Å². The number of phenols is 4. The normalized spacial score (nSPS) is 20.8. The topological polar surface area (TPSA) is 214 Å². The van der Waals surface area contributed by atoms with Crippen molar-refractivity contribution >= 4 is 44.6 Å². The van der Waals surface area contributed by atoms with E-state index in [0.717, 1.165) is 0 Å². The van der Waals surface area contributed by atoms with Gasteiger partial charge in [-0.1, -0.05) is 27.7 Å². The summed E-state index contributed by atoms with van der Waals surface area (Å²) in [6, 6.07) is 2.84. The highest BCUT2D eigenvalue weighted by Crippen LogP contribution is 2.59. The summed E-state index contributed by atoms with van der Waals surface area (Å²) in [6.45, 7) is 14.9. The van der Waals surface area contributed by atoms with Gasteiger partial charge in [0.05, 0.1) is 22.3 Å². The lowest BCUT2D eigenvalue weighted by Gasteiger charge is -2.25. The number of carbonyl (C=O) groups excluding carboxylic acids is 2. The van der Waals surface area contributed by atoms with E-state index in [4.69, 9.17) is 9.47 Å². The van der Waals surface area contributed by atoms with Crippen LogP contribution in [-0.2, 0) is 10.8 Å². The number of Topliss-reactive ketones (excluding diaryl/α,β-unsaturated/α-hetero) is 2. The molecule has 2 aliphatic heterocycles. The Kier molecular flexibility index (Phi) is 6.48. The average molecular weight is 685 g/mol. The molecule has 0 bridgehead atoms. The number of aromatic hydroxyl groups is 4. The summed E-state index contributed by atoms with van der Waals surface area (Å²) >= 11 is 0. The number of aliphatic hydroxyl groups is 4. The van der Waals surface area contributed by atoms with Gasteiger partial charge in [-0.25, -0.2) is 0 Å². The summed E-state index contributed by atoms with van der Waals surface area (Å²) < 4.78 is 12.0. The molecule has 4 aliphatic rings. The number of aliphatic hydroxyl groups excluding tert-OH is 4. The monoisotopic (exact) mass is 684 g/mol. The number of ether oxygens (including phenoxy) is 2. The van der Waals surface area contributed by atoms with Gasteiger partial charge in [0.1, 0.15) is 46.7 Å². The van der Waals surface area contributed by atoms with Crippen molar-refractivity contribution in [2.45, 2.75) is 78.4 Å². The molecule has 4 aromatic rings. The first-order valence-corrected chi connectivity index (χ1v) is 16.0. The number of hydrogen-bond acceptors (Lipinski definition) is 12. The Morgan fingerprint density at radius 1 is 0.520 bits per heavy atom. The predicted octanol–water partition coefficient (Wildman–Crippen LogP) is 7.20. The summed E-state index contributed by atoms with van der Waals surface area (Å²) in [4.78, 5) is 24.8. The zero-order chi connectivity index (χ0) is 36.8. The SMILES string of the molecule is Cc1cc(O)c2c3c(c(O)c4c(c13)OC(C)C4(C)C)C(O)=C(O)C2=O.Cc1cc(O)c2c3c(c(O)c4c(c13)OC(C)C4(C)C)C(O)=C(O)C2=O. The van der Waals surface area contributed by atoms with Crippen LogP contribution in [0.2, 0.25) is 0 Å². The molecule has 0 saturated heterocycles. The maximum atomic E-state index is 12.4. The van der Waals surface area contributed by atoms with Gasteiger partial charge < -0.3 is 50.3 Å². The van der Waals surface area contributed by atoms with E-state index in [9.17, 15) is 50.4 Å². The second kappa shape index (κ2) is 9.90. The maximum Gasteiger partial charge on any atom is 0.235 e. The zero-order valence-corrected chi connectivity index (χ0v) is 28.5. The molecule has 260 valence electrons. The number of fused-ring (bicyclic) bond motifs is 4. The molecule has 4 aromatic carbocycles. The van der Waals surface area contributed by atoms with E-state index in [1.165, 1.54) is 12.1 Å². The predicted molar refractivity (Wildman–Crippen MR) is 183 cm³/mol. The summed E-state index contributed by atoms with van der Waals surface area (Å²) in [6.07, 6.45) is -0.501. The molecule has 12 nitrogen and oxygen atoms in total. The minimum atomic E-state index is -0.895. The molecule has 0 saturated carbocycles. The number of rotatable bonds is 0. The van der Waals surface area contributed by atoms with Gasteiger partial charge in [-0.15, -0.1) is 0 Å². The Morgan fingerprint density at radius 2 is 0.840 bits per heavy atom. The highest BCUT2D eigenvalue weighted by atomic mass is 16.5. The minimum Gasteiger partial charge on any atom is -0.507 e. The lowest BCUT2D eigenvalue weighted by Crippen LogP contribution is -2.29. The van der Waals surface area contributed by atoms with E-state index in [-0.39, 0.29) is 68.2 Å². The Labute approximate surface area is 285 Å². The Hall–Kier alpha value is -5.78. The van der Waals surface area contributed by atoms with Crippen molar-refractivity contribution in [3.63, 3.8) is 0 Å². The van der Waals surface area contributed by atoms with Gasteiger partial charge >= 0.3 is 0 Å². The molecule has 50 heavy (non-hydrogen) atoms. The van der Waals surface area contributed by atoms with E-state index in [0.29, 0.717) is 44.5 Å². The fraction of sp³-hybridized carbons (Fsp3) is 0.316. The first-order chi connectivity index (χ1) is 23.2.